The fourth-order valence-electron chi connectivity index (χ4n) is 2.76. The number of carbonyl (C=O) groups is 2. The van der Waals surface area contributed by atoms with Gasteiger partial charge in [-0.05, 0) is 20.3 Å². The Morgan fingerprint density at radius 2 is 1.10 bits per heavy atom. The summed E-state index contributed by atoms with van der Waals surface area (Å²) in [5.74, 6) is -12.9. The first-order valence-electron chi connectivity index (χ1n) is 10.4. The molecule has 1 aromatic carbocycles. The lowest BCUT2D eigenvalue weighted by Gasteiger charge is -2.21. The molecular formula is C22H29F5O4. The molecule has 31 heavy (non-hydrogen) atoms. The van der Waals surface area contributed by atoms with Crippen molar-refractivity contribution in [1.29, 1.82) is 0 Å². The van der Waals surface area contributed by atoms with Gasteiger partial charge in [-0.3, -0.25) is 9.59 Å². The number of rotatable bonds is 13. The van der Waals surface area contributed by atoms with Gasteiger partial charge in [0.25, 0.3) is 0 Å². The van der Waals surface area contributed by atoms with Crippen LogP contribution in [0.3, 0.4) is 0 Å². The minimum atomic E-state index is -2.31. The van der Waals surface area contributed by atoms with Gasteiger partial charge in [0.15, 0.2) is 28.7 Å². The molecule has 0 aromatic heterocycles. The van der Waals surface area contributed by atoms with Crippen molar-refractivity contribution < 1.29 is 41.0 Å². The maximum atomic E-state index is 13.7. The molecule has 0 unspecified atom stereocenters. The number of ether oxygens (including phenoxy) is 2. The van der Waals surface area contributed by atoms with Crippen molar-refractivity contribution in [2.45, 2.75) is 78.7 Å². The highest BCUT2D eigenvalue weighted by Gasteiger charge is 2.40. The van der Waals surface area contributed by atoms with Crippen LogP contribution in [-0.4, -0.2) is 18.5 Å². The second kappa shape index (κ2) is 12.6. The van der Waals surface area contributed by atoms with Crippen LogP contribution in [-0.2, 0) is 25.7 Å². The van der Waals surface area contributed by atoms with Gasteiger partial charge in [0.2, 0.25) is 5.82 Å². The zero-order valence-corrected chi connectivity index (χ0v) is 18.1. The van der Waals surface area contributed by atoms with Gasteiger partial charge in [-0.2, -0.15) is 0 Å². The third-order valence-electron chi connectivity index (χ3n) is 4.90. The van der Waals surface area contributed by atoms with E-state index in [1.165, 1.54) is 33.1 Å². The van der Waals surface area contributed by atoms with Gasteiger partial charge >= 0.3 is 11.9 Å². The molecule has 176 valence electrons. The largest absolute Gasteiger partial charge is 0.465 e. The van der Waals surface area contributed by atoms with Crippen LogP contribution in [0.2, 0.25) is 0 Å². The van der Waals surface area contributed by atoms with Gasteiger partial charge in [-0.1, -0.05) is 51.9 Å². The van der Waals surface area contributed by atoms with Crippen LogP contribution in [0.1, 0.15) is 77.7 Å². The molecule has 0 aliphatic rings. The molecular weight excluding hydrogens is 423 g/mol. The zero-order chi connectivity index (χ0) is 23.6. The molecule has 0 saturated carbocycles. The quantitative estimate of drug-likeness (QED) is 0.0902. The normalized spacial score (nSPS) is 11.5. The van der Waals surface area contributed by atoms with Crippen molar-refractivity contribution >= 4 is 11.9 Å². The average molecular weight is 452 g/mol. The maximum Gasteiger partial charge on any atom is 0.323 e. The lowest BCUT2D eigenvalue weighted by Crippen LogP contribution is -2.36. The monoisotopic (exact) mass is 452 g/mol. The van der Waals surface area contributed by atoms with E-state index < -0.39 is 58.6 Å². The lowest BCUT2D eigenvalue weighted by molar-refractivity contribution is -0.170. The Kier molecular flexibility index (Phi) is 10.9. The van der Waals surface area contributed by atoms with Crippen LogP contribution >= 0.6 is 0 Å². The number of hydrogen-bond donors (Lipinski definition) is 0. The smallest absolute Gasteiger partial charge is 0.323 e. The fourth-order valence-corrected chi connectivity index (χ4v) is 2.76. The summed E-state index contributed by atoms with van der Waals surface area (Å²) in [7, 11) is 0. The van der Waals surface area contributed by atoms with Gasteiger partial charge in [0.05, 0.1) is 12.2 Å². The van der Waals surface area contributed by atoms with Crippen LogP contribution in [0.5, 0.6) is 0 Å². The minimum Gasteiger partial charge on any atom is -0.465 e. The predicted octanol–water partition coefficient (Wildman–Crippen LogP) is 6.14. The number of carbonyl (C=O) groups excluding carboxylic acids is 2. The van der Waals surface area contributed by atoms with Crippen molar-refractivity contribution in [3.05, 3.63) is 34.6 Å². The van der Waals surface area contributed by atoms with Gasteiger partial charge in [0.1, 0.15) is 6.61 Å². The van der Waals surface area contributed by atoms with E-state index in [9.17, 15) is 31.5 Å². The molecule has 0 heterocycles. The van der Waals surface area contributed by atoms with Gasteiger partial charge in [-0.25, -0.2) is 22.0 Å². The Bertz CT molecular complexity index is 736. The molecule has 0 aliphatic carbocycles. The average Bonchev–Trinajstić information content (AvgIpc) is 2.74. The SMILES string of the molecule is CCCCCCCCCCOC(=O)C(C)(C)C(=O)OCc1c(F)c(F)c(F)c(F)c1F. The molecule has 1 aromatic rings. The second-order valence-corrected chi connectivity index (χ2v) is 7.86. The van der Waals surface area contributed by atoms with Crippen LogP contribution in [0.15, 0.2) is 0 Å². The molecule has 0 aliphatic heterocycles. The van der Waals surface area contributed by atoms with Gasteiger partial charge in [0, 0.05) is 0 Å². The molecule has 0 atom stereocenters. The van der Waals surface area contributed by atoms with Gasteiger partial charge < -0.3 is 9.47 Å². The minimum absolute atomic E-state index is 0.0993. The number of benzene rings is 1. The van der Waals surface area contributed by atoms with E-state index in [1.54, 1.807) is 0 Å². The van der Waals surface area contributed by atoms with Crippen molar-refractivity contribution in [2.24, 2.45) is 5.41 Å². The maximum absolute atomic E-state index is 13.7. The molecule has 0 spiro atoms. The van der Waals surface area contributed by atoms with Crippen LogP contribution in [0, 0.1) is 34.5 Å². The highest BCUT2D eigenvalue weighted by atomic mass is 19.2. The number of esters is 2. The standard InChI is InChI=1S/C22H29F5O4/c1-4-5-6-7-8-9-10-11-12-30-20(28)22(2,3)21(29)31-13-14-15(23)17(25)19(27)18(26)16(14)24/h4-13H2,1-3H3. The summed E-state index contributed by atoms with van der Waals surface area (Å²) in [5.41, 5.74) is -3.11. The Morgan fingerprint density at radius 3 is 1.61 bits per heavy atom. The third-order valence-corrected chi connectivity index (χ3v) is 4.90. The van der Waals surface area contributed by atoms with Crippen LogP contribution in [0.25, 0.3) is 0 Å². The molecule has 0 radical (unpaired) electrons. The molecule has 9 heteroatoms. The van der Waals surface area contributed by atoms with Crippen molar-refractivity contribution in [2.75, 3.05) is 6.61 Å². The third kappa shape index (κ3) is 7.47. The van der Waals surface area contributed by atoms with Crippen LogP contribution in [0.4, 0.5) is 22.0 Å². The first-order valence-corrected chi connectivity index (χ1v) is 10.4. The van der Waals surface area contributed by atoms with E-state index in [0.717, 1.165) is 25.7 Å². The lowest BCUT2D eigenvalue weighted by atomic mass is 9.94. The summed E-state index contributed by atoms with van der Waals surface area (Å²) in [6.45, 7) is 3.39. The summed E-state index contributed by atoms with van der Waals surface area (Å²) in [6.07, 6.45) is 8.35. The molecule has 0 fully saturated rings. The highest BCUT2D eigenvalue weighted by molar-refractivity contribution is 5.99. The van der Waals surface area contributed by atoms with E-state index in [0.29, 0.717) is 6.42 Å². The summed E-state index contributed by atoms with van der Waals surface area (Å²) in [4.78, 5) is 24.3. The summed E-state index contributed by atoms with van der Waals surface area (Å²) < 4.78 is 76.5. The van der Waals surface area contributed by atoms with E-state index in [4.69, 9.17) is 4.74 Å². The molecule has 4 nitrogen and oxygen atoms in total. The van der Waals surface area contributed by atoms with E-state index in [-0.39, 0.29) is 6.61 Å². The van der Waals surface area contributed by atoms with E-state index in [2.05, 4.69) is 11.7 Å². The Labute approximate surface area is 179 Å². The summed E-state index contributed by atoms with van der Waals surface area (Å²) in [6, 6.07) is 0. The zero-order valence-electron chi connectivity index (χ0n) is 18.1. The molecule has 0 amide bonds. The first-order chi connectivity index (χ1) is 14.6. The van der Waals surface area contributed by atoms with Crippen LogP contribution < -0.4 is 0 Å². The Morgan fingerprint density at radius 1 is 0.677 bits per heavy atom. The summed E-state index contributed by atoms with van der Waals surface area (Å²) >= 11 is 0. The first kappa shape index (κ1) is 26.8. The van der Waals surface area contributed by atoms with Crippen molar-refractivity contribution in [3.63, 3.8) is 0 Å². The topological polar surface area (TPSA) is 52.6 Å². The highest BCUT2D eigenvalue weighted by Crippen LogP contribution is 2.26. The number of hydrogen-bond acceptors (Lipinski definition) is 4. The predicted molar refractivity (Wildman–Crippen MR) is 103 cm³/mol. The fraction of sp³-hybridized carbons (Fsp3) is 0.636. The Balaban J connectivity index is 2.50. The second-order valence-electron chi connectivity index (χ2n) is 7.86. The molecule has 0 N–H and O–H groups in total. The van der Waals surface area contributed by atoms with Gasteiger partial charge in [-0.15, -0.1) is 0 Å². The van der Waals surface area contributed by atoms with Crippen molar-refractivity contribution in [3.8, 4) is 0 Å². The van der Waals surface area contributed by atoms with E-state index in [1.807, 2.05) is 0 Å². The van der Waals surface area contributed by atoms with E-state index >= 15 is 0 Å². The number of unbranched alkanes of at least 4 members (excludes halogenated alkanes) is 7. The van der Waals surface area contributed by atoms with Crippen molar-refractivity contribution in [1.82, 2.24) is 0 Å². The number of halogens is 5. The Hall–Kier alpha value is -2.19. The molecule has 1 rings (SSSR count). The molecule has 0 saturated heterocycles. The molecule has 0 bridgehead atoms. The summed E-state index contributed by atoms with van der Waals surface area (Å²) in [5, 5.41) is 0.